The molecule has 0 aromatic heterocycles. The first-order chi connectivity index (χ1) is 11.6. The Labute approximate surface area is 148 Å². The van der Waals surface area contributed by atoms with Gasteiger partial charge in [-0.05, 0) is 36.3 Å². The quantitative estimate of drug-likeness (QED) is 0.778. The molecular weight excluding hydrogens is 381 g/mol. The topological polar surface area (TPSA) is 66.5 Å². The van der Waals surface area contributed by atoms with Crippen molar-refractivity contribution in [2.24, 2.45) is 0 Å². The van der Waals surface area contributed by atoms with E-state index in [0.29, 0.717) is 13.0 Å². The van der Waals surface area contributed by atoms with E-state index in [9.17, 15) is 26.4 Å². The van der Waals surface area contributed by atoms with Crippen LogP contribution in [0.15, 0.2) is 24.3 Å². The molecule has 5 nitrogen and oxygen atoms in total. The lowest BCUT2D eigenvalue weighted by atomic mass is 10.1. The van der Waals surface area contributed by atoms with Crippen molar-refractivity contribution in [2.45, 2.75) is 12.6 Å². The Morgan fingerprint density at radius 1 is 1.36 bits per heavy atom. The average molecular weight is 397 g/mol. The first-order valence-corrected chi connectivity index (χ1v) is 9.39. The lowest BCUT2D eigenvalue weighted by molar-refractivity contribution is -0.137. The summed E-state index contributed by atoms with van der Waals surface area (Å²) in [6, 6.07) is 2.82. The van der Waals surface area contributed by atoms with E-state index in [4.69, 9.17) is 11.6 Å². The van der Waals surface area contributed by atoms with Crippen LogP contribution in [0.1, 0.15) is 17.5 Å². The second kappa shape index (κ2) is 7.76. The Bertz CT molecular complexity index is 779. The highest BCUT2D eigenvalue weighted by molar-refractivity contribution is 7.89. The highest BCUT2D eigenvalue weighted by atomic mass is 35.5. The molecule has 25 heavy (non-hydrogen) atoms. The van der Waals surface area contributed by atoms with Gasteiger partial charge in [0, 0.05) is 30.7 Å². The fraction of sp³-hybridized carbons (Fsp3) is 0.400. The van der Waals surface area contributed by atoms with Crippen LogP contribution < -0.4 is 5.32 Å². The summed E-state index contributed by atoms with van der Waals surface area (Å²) in [7, 11) is -3.22. The number of amides is 1. The van der Waals surface area contributed by atoms with E-state index >= 15 is 0 Å². The van der Waals surface area contributed by atoms with Crippen LogP contribution in [0, 0.1) is 0 Å². The van der Waals surface area contributed by atoms with Crippen LogP contribution in [0.25, 0.3) is 6.08 Å². The number of alkyl halides is 3. The molecule has 1 aromatic carbocycles. The van der Waals surface area contributed by atoms with Crippen molar-refractivity contribution in [3.05, 3.63) is 40.4 Å². The Balaban J connectivity index is 1.92. The Morgan fingerprint density at radius 2 is 2.08 bits per heavy atom. The summed E-state index contributed by atoms with van der Waals surface area (Å²) in [5, 5.41) is 2.57. The summed E-state index contributed by atoms with van der Waals surface area (Å²) in [5.74, 6) is -0.445. The van der Waals surface area contributed by atoms with Crippen molar-refractivity contribution in [3.8, 4) is 0 Å². The van der Waals surface area contributed by atoms with Crippen LogP contribution in [0.4, 0.5) is 13.2 Å². The maximum Gasteiger partial charge on any atom is 0.416 e. The molecule has 1 N–H and O–H groups in total. The largest absolute Gasteiger partial charge is 0.416 e. The Hall–Kier alpha value is -1.58. The minimum absolute atomic E-state index is 0.0637. The molecule has 1 heterocycles. The zero-order valence-electron chi connectivity index (χ0n) is 13.0. The number of benzene rings is 1. The molecule has 138 valence electrons. The van der Waals surface area contributed by atoms with Crippen LogP contribution in [-0.4, -0.2) is 44.0 Å². The highest BCUT2D eigenvalue weighted by Crippen LogP contribution is 2.32. The number of rotatable bonds is 5. The number of halogens is 4. The third-order valence-corrected chi connectivity index (χ3v) is 5.90. The van der Waals surface area contributed by atoms with Gasteiger partial charge in [-0.15, -0.1) is 0 Å². The van der Waals surface area contributed by atoms with Crippen LogP contribution in [0.3, 0.4) is 0 Å². The molecule has 1 saturated heterocycles. The molecule has 1 aliphatic rings. The molecule has 10 heteroatoms. The number of sulfonamides is 1. The molecule has 1 amide bonds. The van der Waals surface area contributed by atoms with Gasteiger partial charge in [0.1, 0.15) is 0 Å². The van der Waals surface area contributed by atoms with Crippen LogP contribution in [-0.2, 0) is 21.0 Å². The molecule has 0 bridgehead atoms. The minimum atomic E-state index is -4.50. The van der Waals surface area contributed by atoms with Crippen molar-refractivity contribution in [1.29, 1.82) is 0 Å². The molecule has 0 spiro atoms. The van der Waals surface area contributed by atoms with Gasteiger partial charge in [-0.2, -0.15) is 13.2 Å². The van der Waals surface area contributed by atoms with E-state index in [2.05, 4.69) is 5.32 Å². The van der Waals surface area contributed by atoms with E-state index < -0.39 is 27.7 Å². The van der Waals surface area contributed by atoms with Gasteiger partial charge in [0.05, 0.1) is 11.3 Å². The van der Waals surface area contributed by atoms with E-state index in [-0.39, 0.29) is 29.4 Å². The van der Waals surface area contributed by atoms with Crippen LogP contribution >= 0.6 is 11.6 Å². The Kier molecular flexibility index (Phi) is 6.12. The van der Waals surface area contributed by atoms with Gasteiger partial charge in [0.15, 0.2) is 0 Å². The smallest absolute Gasteiger partial charge is 0.351 e. The van der Waals surface area contributed by atoms with E-state index in [0.717, 1.165) is 24.3 Å². The molecular formula is C15H16ClF3N2O3S. The van der Waals surface area contributed by atoms with Crippen molar-refractivity contribution in [1.82, 2.24) is 9.62 Å². The second-order valence-corrected chi connectivity index (χ2v) is 7.92. The number of nitrogens with one attached hydrogen (secondary N) is 1. The molecule has 0 atom stereocenters. The maximum atomic E-state index is 12.7. The van der Waals surface area contributed by atoms with Crippen LogP contribution in [0.5, 0.6) is 0 Å². The van der Waals surface area contributed by atoms with Gasteiger partial charge in [-0.25, -0.2) is 12.7 Å². The van der Waals surface area contributed by atoms with Gasteiger partial charge in [0.25, 0.3) is 0 Å². The van der Waals surface area contributed by atoms with Gasteiger partial charge in [-0.3, -0.25) is 4.79 Å². The van der Waals surface area contributed by atoms with E-state index in [1.165, 1.54) is 10.4 Å². The number of carbonyl (C=O) groups excluding carboxylic acids is 1. The summed E-state index contributed by atoms with van der Waals surface area (Å²) in [6.07, 6.45) is -1.71. The summed E-state index contributed by atoms with van der Waals surface area (Å²) < 4.78 is 62.5. The zero-order valence-corrected chi connectivity index (χ0v) is 14.6. The molecule has 1 fully saturated rings. The SMILES string of the molecule is O=C(/C=C/c1cc(C(F)(F)F)ccc1Cl)NCCN1CCCS1(=O)=O. The summed E-state index contributed by atoms with van der Waals surface area (Å²) in [6.45, 7) is 0.693. The van der Waals surface area contributed by atoms with Gasteiger partial charge in [-0.1, -0.05) is 11.6 Å². The Morgan fingerprint density at radius 3 is 2.68 bits per heavy atom. The normalized spacial score (nSPS) is 17.9. The highest BCUT2D eigenvalue weighted by Gasteiger charge is 2.30. The number of carbonyl (C=O) groups is 1. The third-order valence-electron chi connectivity index (χ3n) is 3.60. The van der Waals surface area contributed by atoms with Crippen molar-refractivity contribution in [2.75, 3.05) is 25.4 Å². The number of hydrogen-bond acceptors (Lipinski definition) is 3. The van der Waals surface area contributed by atoms with Gasteiger partial charge in [0.2, 0.25) is 15.9 Å². The number of nitrogens with zero attached hydrogens (tertiary/aromatic N) is 1. The van der Waals surface area contributed by atoms with Crippen molar-refractivity contribution in [3.63, 3.8) is 0 Å². The summed E-state index contributed by atoms with van der Waals surface area (Å²) in [5.41, 5.74) is -0.801. The van der Waals surface area contributed by atoms with Gasteiger partial charge >= 0.3 is 6.18 Å². The predicted molar refractivity (Wildman–Crippen MR) is 88.5 cm³/mol. The summed E-state index contributed by atoms with van der Waals surface area (Å²) >= 11 is 5.83. The summed E-state index contributed by atoms with van der Waals surface area (Å²) in [4.78, 5) is 11.7. The first-order valence-electron chi connectivity index (χ1n) is 7.40. The fourth-order valence-electron chi connectivity index (χ4n) is 2.32. The molecule has 1 aliphatic heterocycles. The minimum Gasteiger partial charge on any atom is -0.351 e. The van der Waals surface area contributed by atoms with Crippen molar-refractivity contribution >= 4 is 33.6 Å². The lowest BCUT2D eigenvalue weighted by Gasteiger charge is -2.13. The standard InChI is InChI=1S/C15H16ClF3N2O3S/c16-13-4-3-12(15(17,18)19)10-11(13)2-5-14(22)20-6-8-21-7-1-9-25(21,23)24/h2-5,10H,1,6-9H2,(H,20,22)/b5-2+. The predicted octanol–water partition coefficient (Wildman–Crippen LogP) is 2.52. The third kappa shape index (κ3) is 5.45. The second-order valence-electron chi connectivity index (χ2n) is 5.43. The maximum absolute atomic E-state index is 12.7. The zero-order chi connectivity index (χ0) is 18.7. The molecule has 2 rings (SSSR count). The lowest BCUT2D eigenvalue weighted by Crippen LogP contribution is -2.35. The fourth-order valence-corrected chi connectivity index (χ4v) is 4.03. The van der Waals surface area contributed by atoms with Crippen LogP contribution in [0.2, 0.25) is 5.02 Å². The van der Waals surface area contributed by atoms with E-state index in [1.54, 1.807) is 0 Å². The molecule has 0 aliphatic carbocycles. The first kappa shape index (κ1) is 19.7. The number of hydrogen-bond donors (Lipinski definition) is 1. The monoisotopic (exact) mass is 396 g/mol. The van der Waals surface area contributed by atoms with Crippen molar-refractivity contribution < 1.29 is 26.4 Å². The molecule has 0 unspecified atom stereocenters. The average Bonchev–Trinajstić information content (AvgIpc) is 2.84. The molecule has 0 saturated carbocycles. The van der Waals surface area contributed by atoms with E-state index in [1.807, 2.05) is 0 Å². The molecule has 0 radical (unpaired) electrons. The molecule has 1 aromatic rings. The van der Waals surface area contributed by atoms with Gasteiger partial charge < -0.3 is 5.32 Å².